The third-order valence-corrected chi connectivity index (χ3v) is 5.84. The van der Waals surface area contributed by atoms with Crippen LogP contribution in [0.25, 0.3) is 5.95 Å². The summed E-state index contributed by atoms with van der Waals surface area (Å²) in [6, 6.07) is 12.2. The van der Waals surface area contributed by atoms with Crippen molar-refractivity contribution in [2.75, 3.05) is 12.4 Å². The SMILES string of the molecule is CC[C@H](CNC(=O)[C@H](C)Sc1nnc(-n2nc(C)cc2C)n1N)c1ccccc1. The number of nitrogens with one attached hydrogen (secondary N) is 1. The standard InChI is InChI=1S/C20H27N7OS/c1-5-16(17-9-7-6-8-10-17)12-22-18(28)15(4)29-20-24-23-19(26(20)21)27-14(3)11-13(2)25-27/h6-11,15-16H,5,12,21H2,1-4H3,(H,22,28)/t15-,16+/m0/s1. The number of aryl methyl sites for hydroxylation is 2. The van der Waals surface area contributed by atoms with Crippen LogP contribution in [0, 0.1) is 13.8 Å². The number of carbonyl (C=O) groups is 1. The van der Waals surface area contributed by atoms with Crippen LogP contribution in [0.1, 0.15) is 43.1 Å². The molecule has 1 amide bonds. The predicted octanol–water partition coefficient (Wildman–Crippen LogP) is 2.59. The molecular formula is C20H27N7OS. The van der Waals surface area contributed by atoms with Gasteiger partial charge in [0.1, 0.15) is 0 Å². The minimum atomic E-state index is -0.358. The lowest BCUT2D eigenvalue weighted by Gasteiger charge is -2.18. The Morgan fingerprint density at radius 1 is 1.24 bits per heavy atom. The van der Waals surface area contributed by atoms with E-state index in [-0.39, 0.29) is 17.1 Å². The van der Waals surface area contributed by atoms with E-state index in [1.807, 2.05) is 45.0 Å². The van der Waals surface area contributed by atoms with Crippen LogP contribution < -0.4 is 11.2 Å². The fourth-order valence-corrected chi connectivity index (χ4v) is 3.92. The number of amides is 1. The Morgan fingerprint density at radius 2 is 1.97 bits per heavy atom. The van der Waals surface area contributed by atoms with Crippen molar-refractivity contribution in [3.63, 3.8) is 0 Å². The number of nitrogen functional groups attached to an aromatic ring is 1. The molecule has 0 radical (unpaired) electrons. The van der Waals surface area contributed by atoms with E-state index in [2.05, 4.69) is 39.7 Å². The second-order valence-electron chi connectivity index (χ2n) is 7.01. The molecule has 154 valence electrons. The van der Waals surface area contributed by atoms with E-state index >= 15 is 0 Å². The molecule has 1 aromatic carbocycles. The van der Waals surface area contributed by atoms with E-state index in [0.717, 1.165) is 17.8 Å². The first-order chi connectivity index (χ1) is 13.9. The molecular weight excluding hydrogens is 386 g/mol. The summed E-state index contributed by atoms with van der Waals surface area (Å²) in [5.74, 6) is 6.81. The highest BCUT2D eigenvalue weighted by Gasteiger charge is 2.21. The minimum Gasteiger partial charge on any atom is -0.355 e. The van der Waals surface area contributed by atoms with Gasteiger partial charge in [-0.1, -0.05) is 49.0 Å². The van der Waals surface area contributed by atoms with Gasteiger partial charge in [-0.2, -0.15) is 5.10 Å². The van der Waals surface area contributed by atoms with Crippen molar-refractivity contribution in [2.24, 2.45) is 0 Å². The second kappa shape index (κ2) is 9.13. The van der Waals surface area contributed by atoms with Gasteiger partial charge in [-0.15, -0.1) is 10.2 Å². The van der Waals surface area contributed by atoms with E-state index in [4.69, 9.17) is 5.84 Å². The van der Waals surface area contributed by atoms with Crippen LogP contribution in [-0.2, 0) is 4.79 Å². The van der Waals surface area contributed by atoms with E-state index in [1.165, 1.54) is 22.0 Å². The van der Waals surface area contributed by atoms with Gasteiger partial charge in [-0.3, -0.25) is 4.79 Å². The number of thioether (sulfide) groups is 1. The number of hydrogen-bond acceptors (Lipinski definition) is 6. The van der Waals surface area contributed by atoms with Crippen molar-refractivity contribution in [3.05, 3.63) is 53.3 Å². The Hall–Kier alpha value is -2.81. The van der Waals surface area contributed by atoms with Crippen LogP contribution >= 0.6 is 11.8 Å². The average Bonchev–Trinajstić information content (AvgIpc) is 3.23. The molecule has 0 unspecified atom stereocenters. The molecule has 8 nitrogen and oxygen atoms in total. The predicted molar refractivity (Wildman–Crippen MR) is 115 cm³/mol. The lowest BCUT2D eigenvalue weighted by atomic mass is 9.96. The van der Waals surface area contributed by atoms with Gasteiger partial charge in [0, 0.05) is 18.2 Å². The maximum atomic E-state index is 12.6. The van der Waals surface area contributed by atoms with Crippen LogP contribution in [0.4, 0.5) is 0 Å². The first kappa shape index (κ1) is 20.9. The van der Waals surface area contributed by atoms with Gasteiger partial charge < -0.3 is 11.2 Å². The summed E-state index contributed by atoms with van der Waals surface area (Å²) in [5.41, 5.74) is 3.01. The normalized spacial score (nSPS) is 13.2. The van der Waals surface area contributed by atoms with Crippen molar-refractivity contribution in [2.45, 2.75) is 50.4 Å². The van der Waals surface area contributed by atoms with Gasteiger partial charge in [-0.25, -0.2) is 9.36 Å². The molecule has 0 bridgehead atoms. The van der Waals surface area contributed by atoms with Crippen LogP contribution in [0.5, 0.6) is 0 Å². The summed E-state index contributed by atoms with van der Waals surface area (Å²) in [4.78, 5) is 12.6. The Balaban J connectivity index is 1.62. The molecule has 9 heteroatoms. The molecule has 0 saturated carbocycles. The van der Waals surface area contributed by atoms with Gasteiger partial charge in [0.15, 0.2) is 0 Å². The molecule has 2 heterocycles. The zero-order valence-electron chi connectivity index (χ0n) is 17.2. The number of aromatic nitrogens is 5. The lowest BCUT2D eigenvalue weighted by Crippen LogP contribution is -2.34. The van der Waals surface area contributed by atoms with Crippen LogP contribution in [-0.4, -0.2) is 42.4 Å². The summed E-state index contributed by atoms with van der Waals surface area (Å²) in [6.45, 7) is 8.38. The zero-order valence-corrected chi connectivity index (χ0v) is 18.0. The highest BCUT2D eigenvalue weighted by molar-refractivity contribution is 8.00. The lowest BCUT2D eigenvalue weighted by molar-refractivity contribution is -0.120. The molecule has 3 rings (SSSR count). The van der Waals surface area contributed by atoms with E-state index in [1.54, 1.807) is 4.68 Å². The second-order valence-corrected chi connectivity index (χ2v) is 8.32. The van der Waals surface area contributed by atoms with Gasteiger partial charge in [0.05, 0.1) is 10.9 Å². The number of nitrogens with two attached hydrogens (primary N) is 1. The quantitative estimate of drug-likeness (QED) is 0.435. The molecule has 0 aliphatic rings. The molecule has 3 N–H and O–H groups in total. The van der Waals surface area contributed by atoms with Crippen molar-refractivity contribution >= 4 is 17.7 Å². The minimum absolute atomic E-state index is 0.0555. The molecule has 0 fully saturated rings. The molecule has 0 aliphatic heterocycles. The summed E-state index contributed by atoms with van der Waals surface area (Å²) in [7, 11) is 0. The first-order valence-electron chi connectivity index (χ1n) is 9.64. The van der Waals surface area contributed by atoms with Crippen molar-refractivity contribution in [1.29, 1.82) is 0 Å². The Bertz CT molecular complexity index is 967. The van der Waals surface area contributed by atoms with Gasteiger partial charge in [0.2, 0.25) is 11.1 Å². The highest BCUT2D eigenvalue weighted by atomic mass is 32.2. The van der Waals surface area contributed by atoms with Crippen molar-refractivity contribution in [1.82, 2.24) is 30.0 Å². The zero-order chi connectivity index (χ0) is 21.0. The van der Waals surface area contributed by atoms with Crippen LogP contribution in [0.3, 0.4) is 0 Å². The fourth-order valence-electron chi connectivity index (χ4n) is 3.13. The first-order valence-corrected chi connectivity index (χ1v) is 10.5. The fraction of sp³-hybridized carbons (Fsp3) is 0.400. The van der Waals surface area contributed by atoms with Crippen molar-refractivity contribution < 1.29 is 4.79 Å². The van der Waals surface area contributed by atoms with Gasteiger partial charge >= 0.3 is 0 Å². The molecule has 2 atom stereocenters. The third kappa shape index (κ3) is 4.79. The highest BCUT2D eigenvalue weighted by Crippen LogP contribution is 2.23. The summed E-state index contributed by atoms with van der Waals surface area (Å²) in [5, 5.41) is 15.8. The van der Waals surface area contributed by atoms with Gasteiger partial charge in [0.25, 0.3) is 5.95 Å². The molecule has 0 aliphatic carbocycles. The molecule has 29 heavy (non-hydrogen) atoms. The van der Waals surface area contributed by atoms with E-state index in [0.29, 0.717) is 17.6 Å². The smallest absolute Gasteiger partial charge is 0.271 e. The van der Waals surface area contributed by atoms with Crippen LogP contribution in [0.2, 0.25) is 0 Å². The largest absolute Gasteiger partial charge is 0.355 e. The number of benzene rings is 1. The molecule has 0 saturated heterocycles. The number of rotatable bonds is 8. The summed E-state index contributed by atoms with van der Waals surface area (Å²) in [6.07, 6.45) is 0.953. The topological polar surface area (TPSA) is 104 Å². The number of hydrogen-bond donors (Lipinski definition) is 2. The summed E-state index contributed by atoms with van der Waals surface area (Å²) < 4.78 is 3.01. The summed E-state index contributed by atoms with van der Waals surface area (Å²) >= 11 is 1.27. The molecule has 2 aromatic heterocycles. The monoisotopic (exact) mass is 413 g/mol. The number of nitrogens with zero attached hydrogens (tertiary/aromatic N) is 5. The molecule has 3 aromatic rings. The number of carbonyl (C=O) groups excluding carboxylic acids is 1. The Labute approximate surface area is 174 Å². The van der Waals surface area contributed by atoms with Gasteiger partial charge in [-0.05, 0) is 38.8 Å². The average molecular weight is 414 g/mol. The Morgan fingerprint density at radius 3 is 2.59 bits per heavy atom. The molecule has 0 spiro atoms. The third-order valence-electron chi connectivity index (χ3n) is 4.78. The maximum Gasteiger partial charge on any atom is 0.271 e. The van der Waals surface area contributed by atoms with E-state index in [9.17, 15) is 4.79 Å². The van der Waals surface area contributed by atoms with E-state index < -0.39 is 0 Å². The maximum absolute atomic E-state index is 12.6. The van der Waals surface area contributed by atoms with Crippen LogP contribution in [0.15, 0.2) is 41.6 Å². The van der Waals surface area contributed by atoms with Crippen molar-refractivity contribution in [3.8, 4) is 5.95 Å². The Kier molecular flexibility index (Phi) is 6.58.